The summed E-state index contributed by atoms with van der Waals surface area (Å²) in [7, 11) is 0. The lowest BCUT2D eigenvalue weighted by atomic mass is 9.91. The second-order valence-corrected chi connectivity index (χ2v) is 10.4. The van der Waals surface area contributed by atoms with Crippen molar-refractivity contribution in [2.24, 2.45) is 0 Å². The normalized spacial score (nSPS) is 11.9. The van der Waals surface area contributed by atoms with Gasteiger partial charge >= 0.3 is 5.97 Å². The lowest BCUT2D eigenvalue weighted by Gasteiger charge is -2.14. The SMILES string of the molecule is CCCCCCCCCCC(C(=O)O)c1ccc(-c2ccc(-c3ccc(CCCCC)cn3)cc2)cc1. The van der Waals surface area contributed by atoms with Crippen LogP contribution in [0, 0.1) is 0 Å². The van der Waals surface area contributed by atoms with E-state index in [0.29, 0.717) is 6.42 Å². The van der Waals surface area contributed by atoms with Crippen molar-refractivity contribution >= 4 is 5.97 Å². The topological polar surface area (TPSA) is 50.2 Å². The molecule has 3 heteroatoms. The molecule has 0 fully saturated rings. The summed E-state index contributed by atoms with van der Waals surface area (Å²) in [6, 6.07) is 20.9. The second-order valence-electron chi connectivity index (χ2n) is 10.4. The van der Waals surface area contributed by atoms with Crippen LogP contribution in [0.15, 0.2) is 66.9 Å². The van der Waals surface area contributed by atoms with Gasteiger partial charge in [-0.2, -0.15) is 0 Å². The first-order valence-electron chi connectivity index (χ1n) is 14.5. The summed E-state index contributed by atoms with van der Waals surface area (Å²) in [5.41, 5.74) is 6.53. The van der Waals surface area contributed by atoms with E-state index in [2.05, 4.69) is 67.4 Å². The van der Waals surface area contributed by atoms with Gasteiger partial charge in [-0.15, -0.1) is 0 Å². The van der Waals surface area contributed by atoms with Crippen molar-refractivity contribution in [1.29, 1.82) is 0 Å². The van der Waals surface area contributed by atoms with Gasteiger partial charge in [0.2, 0.25) is 0 Å². The molecule has 3 nitrogen and oxygen atoms in total. The van der Waals surface area contributed by atoms with Gasteiger partial charge in [-0.25, -0.2) is 0 Å². The van der Waals surface area contributed by atoms with E-state index < -0.39 is 11.9 Å². The van der Waals surface area contributed by atoms with Gasteiger partial charge in [-0.1, -0.05) is 133 Å². The molecular weight excluding hydrogens is 454 g/mol. The van der Waals surface area contributed by atoms with Crippen molar-refractivity contribution in [2.45, 2.75) is 103 Å². The van der Waals surface area contributed by atoms with E-state index in [9.17, 15) is 9.90 Å². The summed E-state index contributed by atoms with van der Waals surface area (Å²) < 4.78 is 0. The predicted molar refractivity (Wildman–Crippen MR) is 156 cm³/mol. The Morgan fingerprint density at radius 1 is 0.676 bits per heavy atom. The third-order valence-corrected chi connectivity index (χ3v) is 7.37. The second kappa shape index (κ2) is 16.0. The Morgan fingerprint density at radius 3 is 1.78 bits per heavy atom. The molecule has 1 unspecified atom stereocenters. The zero-order valence-electron chi connectivity index (χ0n) is 22.9. The number of hydrogen-bond donors (Lipinski definition) is 1. The largest absolute Gasteiger partial charge is 0.481 e. The Balaban J connectivity index is 1.54. The van der Waals surface area contributed by atoms with Crippen molar-refractivity contribution in [3.05, 3.63) is 78.0 Å². The quantitative estimate of drug-likeness (QED) is 0.188. The number of carboxylic acids is 1. The molecule has 198 valence electrons. The number of aliphatic carboxylic acids is 1. The van der Waals surface area contributed by atoms with Crippen molar-refractivity contribution in [1.82, 2.24) is 4.98 Å². The Hall–Kier alpha value is -2.94. The number of aryl methyl sites for hydroxylation is 1. The molecule has 0 aliphatic carbocycles. The Labute approximate surface area is 224 Å². The molecule has 1 atom stereocenters. The summed E-state index contributed by atoms with van der Waals surface area (Å²) in [6.07, 6.45) is 17.3. The average molecular weight is 500 g/mol. The van der Waals surface area contributed by atoms with Crippen LogP contribution in [0.1, 0.15) is 108 Å². The van der Waals surface area contributed by atoms with Crippen molar-refractivity contribution in [2.75, 3.05) is 0 Å². The Bertz CT molecular complexity index is 1040. The van der Waals surface area contributed by atoms with Crippen molar-refractivity contribution < 1.29 is 9.90 Å². The molecule has 1 N–H and O–H groups in total. The number of nitrogens with zero attached hydrogens (tertiary/aromatic N) is 1. The Morgan fingerprint density at radius 2 is 1.22 bits per heavy atom. The minimum Gasteiger partial charge on any atom is -0.481 e. The van der Waals surface area contributed by atoms with E-state index in [1.165, 1.54) is 63.4 Å². The molecule has 1 aromatic heterocycles. The molecule has 0 saturated carbocycles. The number of unbranched alkanes of at least 4 members (excludes halogenated alkanes) is 9. The highest BCUT2D eigenvalue weighted by atomic mass is 16.4. The molecule has 0 bridgehead atoms. The lowest BCUT2D eigenvalue weighted by Crippen LogP contribution is -2.11. The van der Waals surface area contributed by atoms with E-state index in [0.717, 1.165) is 47.2 Å². The van der Waals surface area contributed by atoms with Gasteiger partial charge in [0.25, 0.3) is 0 Å². The summed E-state index contributed by atoms with van der Waals surface area (Å²) in [5, 5.41) is 9.82. The standard InChI is InChI=1S/C34H45NO2/c1-3-5-7-8-9-10-11-13-15-32(34(36)37)30-21-17-28(18-22-30)29-19-23-31(24-20-29)33-25-16-27(26-35-33)14-12-6-4-2/h16-26,32H,3-15H2,1-2H3,(H,36,37). The maximum atomic E-state index is 11.9. The molecule has 3 rings (SSSR count). The molecule has 1 heterocycles. The predicted octanol–water partition coefficient (Wildman–Crippen LogP) is 9.85. The number of hydrogen-bond acceptors (Lipinski definition) is 2. The van der Waals surface area contributed by atoms with E-state index in [-0.39, 0.29) is 0 Å². The molecule has 0 saturated heterocycles. The molecule has 3 aromatic rings. The molecular formula is C34H45NO2. The highest BCUT2D eigenvalue weighted by Crippen LogP contribution is 2.28. The summed E-state index contributed by atoms with van der Waals surface area (Å²) in [6.45, 7) is 4.46. The third kappa shape index (κ3) is 9.46. The van der Waals surface area contributed by atoms with Crippen LogP contribution in [-0.4, -0.2) is 16.1 Å². The van der Waals surface area contributed by atoms with Gasteiger partial charge in [-0.3, -0.25) is 9.78 Å². The molecule has 0 amide bonds. The van der Waals surface area contributed by atoms with Crippen LogP contribution in [0.2, 0.25) is 0 Å². The number of carboxylic acid groups (broad SMARTS) is 1. The first kappa shape index (κ1) is 28.6. The fraction of sp³-hybridized carbons (Fsp3) is 0.471. The Kier molecular flexibility index (Phi) is 12.4. The zero-order valence-corrected chi connectivity index (χ0v) is 22.9. The number of benzene rings is 2. The van der Waals surface area contributed by atoms with E-state index >= 15 is 0 Å². The highest BCUT2D eigenvalue weighted by Gasteiger charge is 2.19. The highest BCUT2D eigenvalue weighted by molar-refractivity contribution is 5.77. The van der Waals surface area contributed by atoms with E-state index in [1.807, 2.05) is 18.3 Å². The van der Waals surface area contributed by atoms with E-state index in [4.69, 9.17) is 0 Å². The van der Waals surface area contributed by atoms with Crippen molar-refractivity contribution in [3.63, 3.8) is 0 Å². The van der Waals surface area contributed by atoms with Gasteiger partial charge in [0, 0.05) is 11.8 Å². The van der Waals surface area contributed by atoms with Crippen LogP contribution in [0.3, 0.4) is 0 Å². The number of aromatic nitrogens is 1. The maximum absolute atomic E-state index is 11.9. The monoisotopic (exact) mass is 499 g/mol. The number of pyridine rings is 1. The first-order valence-corrected chi connectivity index (χ1v) is 14.5. The number of rotatable bonds is 17. The third-order valence-electron chi connectivity index (χ3n) is 7.37. The van der Waals surface area contributed by atoms with Crippen LogP contribution in [0.5, 0.6) is 0 Å². The number of carbonyl (C=O) groups is 1. The maximum Gasteiger partial charge on any atom is 0.310 e. The van der Waals surface area contributed by atoms with Crippen LogP contribution < -0.4 is 0 Å². The fourth-order valence-electron chi connectivity index (χ4n) is 4.98. The van der Waals surface area contributed by atoms with Crippen LogP contribution >= 0.6 is 0 Å². The van der Waals surface area contributed by atoms with Crippen molar-refractivity contribution in [3.8, 4) is 22.4 Å². The minimum absolute atomic E-state index is 0.424. The van der Waals surface area contributed by atoms with Crippen LogP contribution in [0.4, 0.5) is 0 Å². The lowest BCUT2D eigenvalue weighted by molar-refractivity contribution is -0.139. The van der Waals surface area contributed by atoms with Gasteiger partial charge in [0.05, 0.1) is 11.6 Å². The smallest absolute Gasteiger partial charge is 0.310 e. The molecule has 0 aliphatic rings. The summed E-state index contributed by atoms with van der Waals surface area (Å²) in [5.74, 6) is -1.14. The van der Waals surface area contributed by atoms with E-state index in [1.54, 1.807) is 0 Å². The van der Waals surface area contributed by atoms with Gasteiger partial charge in [-0.05, 0) is 47.6 Å². The molecule has 0 aliphatic heterocycles. The molecule has 2 aromatic carbocycles. The average Bonchev–Trinajstić information content (AvgIpc) is 2.93. The fourth-order valence-corrected chi connectivity index (χ4v) is 4.98. The molecule has 0 spiro atoms. The molecule has 0 radical (unpaired) electrons. The van der Waals surface area contributed by atoms with Crippen LogP contribution in [0.25, 0.3) is 22.4 Å². The van der Waals surface area contributed by atoms with Gasteiger partial charge in [0.15, 0.2) is 0 Å². The summed E-state index contributed by atoms with van der Waals surface area (Å²) in [4.78, 5) is 16.6. The first-order chi connectivity index (χ1) is 18.1. The zero-order chi connectivity index (χ0) is 26.3. The molecule has 37 heavy (non-hydrogen) atoms. The van der Waals surface area contributed by atoms with Gasteiger partial charge in [0.1, 0.15) is 0 Å². The van der Waals surface area contributed by atoms with Gasteiger partial charge < -0.3 is 5.11 Å². The minimum atomic E-state index is -0.719. The summed E-state index contributed by atoms with van der Waals surface area (Å²) >= 11 is 0. The van der Waals surface area contributed by atoms with Crippen LogP contribution in [-0.2, 0) is 11.2 Å².